The first-order valence-corrected chi connectivity index (χ1v) is 6.65. The van der Waals surface area contributed by atoms with E-state index in [2.05, 4.69) is 33.2 Å². The summed E-state index contributed by atoms with van der Waals surface area (Å²) in [6, 6.07) is 2.46. The fourth-order valence-electron chi connectivity index (χ4n) is 2.30. The van der Waals surface area contributed by atoms with E-state index in [9.17, 15) is 0 Å². The van der Waals surface area contributed by atoms with Gasteiger partial charge in [-0.1, -0.05) is 13.3 Å². The van der Waals surface area contributed by atoms with Crippen molar-refractivity contribution in [3.8, 4) is 0 Å². The number of nitrogens with zero attached hydrogens (tertiary/aromatic N) is 3. The van der Waals surface area contributed by atoms with Gasteiger partial charge in [-0.3, -0.25) is 0 Å². The topological polar surface area (TPSA) is 50.3 Å². The first kappa shape index (κ1) is 13.2. The van der Waals surface area contributed by atoms with E-state index >= 15 is 0 Å². The standard InChI is InChI=1S/C13H22N4O/c1-3-4-11-7-13(16-10-15-11)17-5-6-18-9-12(17)8-14-2/h7,10,12,14H,3-6,8-9H2,1-2H3. The second-order valence-electron chi connectivity index (χ2n) is 4.60. The second kappa shape index (κ2) is 6.66. The Hall–Kier alpha value is -1.20. The first-order chi connectivity index (χ1) is 8.85. The summed E-state index contributed by atoms with van der Waals surface area (Å²) >= 11 is 0. The minimum atomic E-state index is 0.355. The molecular formula is C13H22N4O. The van der Waals surface area contributed by atoms with Gasteiger partial charge in [0.25, 0.3) is 0 Å². The molecule has 0 bridgehead atoms. The van der Waals surface area contributed by atoms with E-state index < -0.39 is 0 Å². The Morgan fingerprint density at radius 1 is 1.50 bits per heavy atom. The molecule has 1 aromatic rings. The SMILES string of the molecule is CCCc1cc(N2CCOCC2CNC)ncn1. The summed E-state index contributed by atoms with van der Waals surface area (Å²) in [6.07, 6.45) is 3.79. The van der Waals surface area contributed by atoms with E-state index in [-0.39, 0.29) is 0 Å². The predicted molar refractivity (Wildman–Crippen MR) is 71.9 cm³/mol. The van der Waals surface area contributed by atoms with Crippen LogP contribution in [-0.4, -0.2) is 49.4 Å². The van der Waals surface area contributed by atoms with Gasteiger partial charge in [-0.2, -0.15) is 0 Å². The minimum absolute atomic E-state index is 0.355. The molecule has 5 heteroatoms. The van der Waals surface area contributed by atoms with Crippen molar-refractivity contribution in [1.82, 2.24) is 15.3 Å². The van der Waals surface area contributed by atoms with Gasteiger partial charge in [0.2, 0.25) is 0 Å². The lowest BCUT2D eigenvalue weighted by molar-refractivity contribution is 0.0939. The minimum Gasteiger partial charge on any atom is -0.377 e. The zero-order valence-corrected chi connectivity index (χ0v) is 11.2. The van der Waals surface area contributed by atoms with Gasteiger partial charge in [-0.05, 0) is 13.5 Å². The third-order valence-electron chi connectivity index (χ3n) is 3.18. The molecule has 18 heavy (non-hydrogen) atoms. The Morgan fingerprint density at radius 2 is 2.39 bits per heavy atom. The van der Waals surface area contributed by atoms with Crippen molar-refractivity contribution in [3.05, 3.63) is 18.1 Å². The lowest BCUT2D eigenvalue weighted by Crippen LogP contribution is -2.50. The highest BCUT2D eigenvalue weighted by Gasteiger charge is 2.23. The predicted octanol–water partition coefficient (Wildman–Crippen LogP) is 0.854. The van der Waals surface area contributed by atoms with Crippen LogP contribution in [0.1, 0.15) is 19.0 Å². The number of morpholine rings is 1. The maximum Gasteiger partial charge on any atom is 0.132 e. The fourth-order valence-corrected chi connectivity index (χ4v) is 2.30. The van der Waals surface area contributed by atoms with Crippen LogP contribution in [0.5, 0.6) is 0 Å². The third-order valence-corrected chi connectivity index (χ3v) is 3.18. The molecule has 1 aliphatic heterocycles. The number of rotatable bonds is 5. The van der Waals surface area contributed by atoms with Crippen LogP contribution in [0.15, 0.2) is 12.4 Å². The van der Waals surface area contributed by atoms with Gasteiger partial charge in [0.1, 0.15) is 12.1 Å². The molecule has 0 radical (unpaired) electrons. The number of aryl methyl sites for hydroxylation is 1. The van der Waals surface area contributed by atoms with Crippen LogP contribution >= 0.6 is 0 Å². The molecule has 2 heterocycles. The molecule has 0 aromatic carbocycles. The van der Waals surface area contributed by atoms with Gasteiger partial charge in [0, 0.05) is 24.8 Å². The van der Waals surface area contributed by atoms with Crippen molar-refractivity contribution < 1.29 is 4.74 Å². The molecule has 0 spiro atoms. The normalized spacial score (nSPS) is 20.1. The molecule has 1 fully saturated rings. The van der Waals surface area contributed by atoms with Crippen LogP contribution in [0, 0.1) is 0 Å². The van der Waals surface area contributed by atoms with Crippen LogP contribution in [0.3, 0.4) is 0 Å². The van der Waals surface area contributed by atoms with Gasteiger partial charge >= 0.3 is 0 Å². The smallest absolute Gasteiger partial charge is 0.132 e. The Morgan fingerprint density at radius 3 is 3.17 bits per heavy atom. The monoisotopic (exact) mass is 250 g/mol. The fraction of sp³-hybridized carbons (Fsp3) is 0.692. The zero-order chi connectivity index (χ0) is 12.8. The van der Waals surface area contributed by atoms with Crippen molar-refractivity contribution in [2.75, 3.05) is 38.3 Å². The van der Waals surface area contributed by atoms with E-state index in [0.717, 1.165) is 50.7 Å². The number of hydrogen-bond acceptors (Lipinski definition) is 5. The zero-order valence-electron chi connectivity index (χ0n) is 11.2. The van der Waals surface area contributed by atoms with Crippen molar-refractivity contribution in [2.24, 2.45) is 0 Å². The van der Waals surface area contributed by atoms with Crippen LogP contribution in [-0.2, 0) is 11.2 Å². The molecule has 1 atom stereocenters. The lowest BCUT2D eigenvalue weighted by atomic mass is 10.2. The maximum atomic E-state index is 5.54. The molecule has 5 nitrogen and oxygen atoms in total. The number of anilines is 1. The summed E-state index contributed by atoms with van der Waals surface area (Å²) in [5, 5.41) is 3.21. The van der Waals surface area contributed by atoms with E-state index in [1.807, 2.05) is 7.05 Å². The van der Waals surface area contributed by atoms with Crippen molar-refractivity contribution in [3.63, 3.8) is 0 Å². The molecule has 1 unspecified atom stereocenters. The molecule has 100 valence electrons. The molecule has 1 aliphatic rings. The number of aromatic nitrogens is 2. The third kappa shape index (κ3) is 3.17. The number of ether oxygens (including phenoxy) is 1. The summed E-state index contributed by atoms with van der Waals surface area (Å²) in [6.45, 7) is 5.50. The number of hydrogen-bond donors (Lipinski definition) is 1. The second-order valence-corrected chi connectivity index (χ2v) is 4.60. The largest absolute Gasteiger partial charge is 0.377 e. The molecule has 1 aromatic heterocycles. The molecule has 1 N–H and O–H groups in total. The Labute approximate surface area is 109 Å². The van der Waals surface area contributed by atoms with Crippen molar-refractivity contribution in [2.45, 2.75) is 25.8 Å². The highest BCUT2D eigenvalue weighted by atomic mass is 16.5. The van der Waals surface area contributed by atoms with Gasteiger partial charge in [0.15, 0.2) is 0 Å². The number of nitrogens with one attached hydrogen (secondary N) is 1. The van der Waals surface area contributed by atoms with Gasteiger partial charge < -0.3 is 15.0 Å². The molecule has 0 saturated carbocycles. The van der Waals surface area contributed by atoms with Gasteiger partial charge in [0.05, 0.1) is 19.3 Å². The van der Waals surface area contributed by atoms with Crippen LogP contribution in [0.25, 0.3) is 0 Å². The van der Waals surface area contributed by atoms with Gasteiger partial charge in [-0.15, -0.1) is 0 Å². The quantitative estimate of drug-likeness (QED) is 0.840. The van der Waals surface area contributed by atoms with Crippen molar-refractivity contribution in [1.29, 1.82) is 0 Å². The summed E-state index contributed by atoms with van der Waals surface area (Å²) in [5.74, 6) is 1.03. The Bertz CT molecular complexity index is 370. The van der Waals surface area contributed by atoms with E-state index in [1.54, 1.807) is 6.33 Å². The van der Waals surface area contributed by atoms with E-state index in [0.29, 0.717) is 6.04 Å². The maximum absolute atomic E-state index is 5.54. The summed E-state index contributed by atoms with van der Waals surface area (Å²) < 4.78 is 5.54. The average molecular weight is 250 g/mol. The average Bonchev–Trinajstić information content (AvgIpc) is 2.40. The van der Waals surface area contributed by atoms with E-state index in [1.165, 1.54) is 0 Å². The van der Waals surface area contributed by atoms with Crippen LogP contribution < -0.4 is 10.2 Å². The van der Waals surface area contributed by atoms with Crippen LogP contribution in [0.2, 0.25) is 0 Å². The van der Waals surface area contributed by atoms with Crippen LogP contribution in [0.4, 0.5) is 5.82 Å². The van der Waals surface area contributed by atoms with Gasteiger partial charge in [-0.25, -0.2) is 9.97 Å². The summed E-state index contributed by atoms with van der Waals surface area (Å²) in [4.78, 5) is 11.0. The van der Waals surface area contributed by atoms with Crippen molar-refractivity contribution >= 4 is 5.82 Å². The molecule has 1 saturated heterocycles. The molecular weight excluding hydrogens is 228 g/mol. The summed E-state index contributed by atoms with van der Waals surface area (Å²) in [5.41, 5.74) is 1.12. The summed E-state index contributed by atoms with van der Waals surface area (Å²) in [7, 11) is 1.97. The lowest BCUT2D eigenvalue weighted by Gasteiger charge is -2.36. The molecule has 0 aliphatic carbocycles. The Kier molecular flexibility index (Phi) is 4.90. The first-order valence-electron chi connectivity index (χ1n) is 6.65. The highest BCUT2D eigenvalue weighted by Crippen LogP contribution is 2.17. The van der Waals surface area contributed by atoms with E-state index in [4.69, 9.17) is 4.74 Å². The molecule has 0 amide bonds. The Balaban J connectivity index is 2.14. The highest BCUT2D eigenvalue weighted by molar-refractivity contribution is 5.41. The number of likely N-dealkylation sites (N-methyl/N-ethyl adjacent to an activating group) is 1. The molecule has 2 rings (SSSR count).